The van der Waals surface area contributed by atoms with Crippen molar-refractivity contribution in [3.63, 3.8) is 0 Å². The van der Waals surface area contributed by atoms with E-state index in [0.29, 0.717) is 0 Å². The number of fused-ring (bicyclic) bond motifs is 2. The summed E-state index contributed by atoms with van der Waals surface area (Å²) >= 11 is 0. The largest absolute Gasteiger partial charge is 0.0985 e. The first-order chi connectivity index (χ1) is 8.81. The van der Waals surface area contributed by atoms with Gasteiger partial charge in [-0.15, -0.1) is 0 Å². The average Bonchev–Trinajstić information content (AvgIpc) is 2.44. The Morgan fingerprint density at radius 3 is 1.83 bits per heavy atom. The second-order valence-corrected chi connectivity index (χ2v) is 4.42. The molecule has 0 amide bonds. The van der Waals surface area contributed by atoms with Crippen LogP contribution in [0.25, 0.3) is 27.1 Å². The molecule has 0 heteroatoms. The van der Waals surface area contributed by atoms with E-state index in [1.165, 1.54) is 27.1 Å². The van der Waals surface area contributed by atoms with E-state index < -0.39 is 0 Å². The lowest BCUT2D eigenvalue weighted by Crippen LogP contribution is -1.86. The van der Waals surface area contributed by atoms with Crippen molar-refractivity contribution in [3.8, 4) is 0 Å². The van der Waals surface area contributed by atoms with Gasteiger partial charge in [0, 0.05) is 0 Å². The van der Waals surface area contributed by atoms with Gasteiger partial charge in [-0.05, 0) is 38.7 Å². The van der Waals surface area contributed by atoms with Gasteiger partial charge < -0.3 is 0 Å². The third-order valence-corrected chi connectivity index (χ3v) is 3.34. The van der Waals surface area contributed by atoms with Gasteiger partial charge in [0.05, 0.1) is 0 Å². The third kappa shape index (κ3) is 1.54. The molecule has 0 aliphatic heterocycles. The zero-order chi connectivity index (χ0) is 12.5. The highest BCUT2D eigenvalue weighted by atomic mass is 14.1. The molecular formula is C18H14. The standard InChI is InChI=1S/C18H14/c1-3-13(2)18-16-10-6-4-8-14(16)12-15-9-5-7-11-17(15)18/h3-12H,1-2H2. The van der Waals surface area contributed by atoms with Gasteiger partial charge in [0.2, 0.25) is 0 Å². The van der Waals surface area contributed by atoms with Crippen LogP contribution in [0.4, 0.5) is 0 Å². The van der Waals surface area contributed by atoms with Gasteiger partial charge >= 0.3 is 0 Å². The van der Waals surface area contributed by atoms with Crippen molar-refractivity contribution >= 4 is 27.1 Å². The van der Waals surface area contributed by atoms with E-state index >= 15 is 0 Å². The van der Waals surface area contributed by atoms with E-state index in [1.54, 1.807) is 0 Å². The first-order valence-corrected chi connectivity index (χ1v) is 6.03. The summed E-state index contributed by atoms with van der Waals surface area (Å²) in [5.74, 6) is 0. The Labute approximate surface area is 107 Å². The van der Waals surface area contributed by atoms with Crippen molar-refractivity contribution in [2.45, 2.75) is 0 Å². The molecular weight excluding hydrogens is 216 g/mol. The molecule has 3 aromatic rings. The molecule has 0 saturated carbocycles. The third-order valence-electron chi connectivity index (χ3n) is 3.34. The summed E-state index contributed by atoms with van der Waals surface area (Å²) in [6.45, 7) is 7.98. The Hall–Kier alpha value is -2.34. The normalized spacial score (nSPS) is 10.7. The summed E-state index contributed by atoms with van der Waals surface area (Å²) in [7, 11) is 0. The highest BCUT2D eigenvalue weighted by Gasteiger charge is 2.07. The lowest BCUT2D eigenvalue weighted by atomic mass is 9.93. The summed E-state index contributed by atoms with van der Waals surface area (Å²) in [6, 6.07) is 19.1. The SMILES string of the molecule is C=CC(=C)c1c2ccccc2cc2ccccc12. The molecule has 86 valence electrons. The zero-order valence-corrected chi connectivity index (χ0v) is 10.2. The van der Waals surface area contributed by atoms with Crippen LogP contribution >= 0.6 is 0 Å². The second kappa shape index (κ2) is 4.15. The minimum absolute atomic E-state index is 0.975. The van der Waals surface area contributed by atoms with Crippen molar-refractivity contribution in [2.24, 2.45) is 0 Å². The minimum atomic E-state index is 0.975. The Balaban J connectivity index is 2.57. The molecule has 0 radical (unpaired) electrons. The van der Waals surface area contributed by atoms with E-state index in [9.17, 15) is 0 Å². The van der Waals surface area contributed by atoms with Gasteiger partial charge in [0.1, 0.15) is 0 Å². The van der Waals surface area contributed by atoms with Crippen LogP contribution in [-0.4, -0.2) is 0 Å². The molecule has 0 heterocycles. The van der Waals surface area contributed by atoms with Crippen molar-refractivity contribution in [3.05, 3.63) is 79.4 Å². The molecule has 18 heavy (non-hydrogen) atoms. The maximum atomic E-state index is 4.13. The molecule has 0 atom stereocenters. The van der Waals surface area contributed by atoms with Gasteiger partial charge in [0.25, 0.3) is 0 Å². The molecule has 0 aliphatic carbocycles. The Morgan fingerprint density at radius 2 is 1.33 bits per heavy atom. The number of rotatable bonds is 2. The Bertz CT molecular complexity index is 709. The monoisotopic (exact) mass is 230 g/mol. The van der Waals surface area contributed by atoms with E-state index in [4.69, 9.17) is 0 Å². The predicted molar refractivity (Wildman–Crippen MR) is 80.7 cm³/mol. The summed E-state index contributed by atoms with van der Waals surface area (Å²) in [4.78, 5) is 0. The lowest BCUT2D eigenvalue weighted by Gasteiger charge is -2.11. The highest BCUT2D eigenvalue weighted by molar-refractivity contribution is 6.09. The van der Waals surface area contributed by atoms with Crippen LogP contribution in [0.15, 0.2) is 73.8 Å². The summed E-state index contributed by atoms with van der Waals surface area (Å²) in [5, 5.41) is 4.96. The molecule has 0 spiro atoms. The van der Waals surface area contributed by atoms with Gasteiger partial charge in [-0.2, -0.15) is 0 Å². The lowest BCUT2D eigenvalue weighted by molar-refractivity contribution is 1.72. The van der Waals surface area contributed by atoms with E-state index in [0.717, 1.165) is 5.57 Å². The molecule has 0 aliphatic rings. The topological polar surface area (TPSA) is 0 Å². The molecule has 0 nitrogen and oxygen atoms in total. The fraction of sp³-hybridized carbons (Fsp3) is 0. The summed E-state index contributed by atoms with van der Waals surface area (Å²) < 4.78 is 0. The van der Waals surface area contributed by atoms with Crippen LogP contribution in [0.5, 0.6) is 0 Å². The maximum absolute atomic E-state index is 4.13. The average molecular weight is 230 g/mol. The van der Waals surface area contributed by atoms with Crippen LogP contribution in [0, 0.1) is 0 Å². The number of hydrogen-bond acceptors (Lipinski definition) is 0. The number of benzene rings is 3. The molecule has 0 N–H and O–H groups in total. The molecule has 3 rings (SSSR count). The summed E-state index contributed by atoms with van der Waals surface area (Å²) in [5.41, 5.74) is 2.17. The minimum Gasteiger partial charge on any atom is -0.0985 e. The van der Waals surface area contributed by atoms with Crippen molar-refractivity contribution in [1.82, 2.24) is 0 Å². The Morgan fingerprint density at radius 1 is 0.833 bits per heavy atom. The first kappa shape index (κ1) is 10.8. The van der Waals surface area contributed by atoms with Crippen LogP contribution in [0.1, 0.15) is 5.56 Å². The fourth-order valence-corrected chi connectivity index (χ4v) is 2.46. The van der Waals surface area contributed by atoms with Crippen molar-refractivity contribution < 1.29 is 0 Å². The van der Waals surface area contributed by atoms with Crippen LogP contribution in [0.2, 0.25) is 0 Å². The van der Waals surface area contributed by atoms with Crippen LogP contribution < -0.4 is 0 Å². The summed E-state index contributed by atoms with van der Waals surface area (Å²) in [6.07, 6.45) is 1.83. The Kier molecular flexibility index (Phi) is 2.49. The quantitative estimate of drug-likeness (QED) is 0.419. The van der Waals surface area contributed by atoms with Crippen LogP contribution in [-0.2, 0) is 0 Å². The smallest absolute Gasteiger partial charge is 0.00330 e. The van der Waals surface area contributed by atoms with Crippen molar-refractivity contribution in [2.75, 3.05) is 0 Å². The van der Waals surface area contributed by atoms with Gasteiger partial charge in [0.15, 0.2) is 0 Å². The molecule has 0 unspecified atom stereocenters. The molecule has 3 aromatic carbocycles. The van der Waals surface area contributed by atoms with Gasteiger partial charge in [-0.1, -0.05) is 67.8 Å². The molecule has 0 aromatic heterocycles. The van der Waals surface area contributed by atoms with E-state index in [2.05, 4.69) is 67.8 Å². The van der Waals surface area contributed by atoms with E-state index in [1.807, 2.05) is 6.08 Å². The maximum Gasteiger partial charge on any atom is -0.00330 e. The molecule has 0 fully saturated rings. The number of hydrogen-bond donors (Lipinski definition) is 0. The van der Waals surface area contributed by atoms with Crippen LogP contribution in [0.3, 0.4) is 0 Å². The van der Waals surface area contributed by atoms with E-state index in [-0.39, 0.29) is 0 Å². The molecule has 0 bridgehead atoms. The first-order valence-electron chi connectivity index (χ1n) is 6.03. The molecule has 0 saturated heterocycles. The van der Waals surface area contributed by atoms with Crippen molar-refractivity contribution in [1.29, 1.82) is 0 Å². The van der Waals surface area contributed by atoms with Gasteiger partial charge in [-0.3, -0.25) is 0 Å². The highest BCUT2D eigenvalue weighted by Crippen LogP contribution is 2.32. The fourth-order valence-electron chi connectivity index (χ4n) is 2.46. The second-order valence-electron chi connectivity index (χ2n) is 4.42. The predicted octanol–water partition coefficient (Wildman–Crippen LogP) is 5.19. The van der Waals surface area contributed by atoms with Gasteiger partial charge in [-0.25, -0.2) is 0 Å². The zero-order valence-electron chi connectivity index (χ0n) is 10.2. The number of allylic oxidation sites excluding steroid dienone is 2.